The van der Waals surface area contributed by atoms with Crippen molar-refractivity contribution in [2.75, 3.05) is 6.61 Å². The Balaban J connectivity index is 1.67. The van der Waals surface area contributed by atoms with Gasteiger partial charge in [-0.15, -0.1) is 0 Å². The zero-order valence-corrected chi connectivity index (χ0v) is 17.3. The number of ether oxygens (including phenoxy) is 1. The van der Waals surface area contributed by atoms with Crippen molar-refractivity contribution in [3.05, 3.63) is 84.4 Å². The van der Waals surface area contributed by atoms with Gasteiger partial charge in [-0.2, -0.15) is 4.72 Å². The second kappa shape index (κ2) is 10.5. The molecule has 162 valence electrons. The van der Waals surface area contributed by atoms with Crippen molar-refractivity contribution < 1.29 is 22.7 Å². The molecule has 0 aliphatic heterocycles. The molecule has 3 N–H and O–H groups in total. The molecule has 1 aromatic heterocycles. The molecule has 0 aliphatic rings. The van der Waals surface area contributed by atoms with E-state index in [9.17, 15) is 18.0 Å². The van der Waals surface area contributed by atoms with Gasteiger partial charge in [0.2, 0.25) is 10.0 Å². The van der Waals surface area contributed by atoms with Crippen LogP contribution < -0.4 is 10.0 Å². The average Bonchev–Trinajstić information content (AvgIpc) is 3.28. The Bertz CT molecular complexity index is 1090. The third-order valence-corrected chi connectivity index (χ3v) is 5.71. The van der Waals surface area contributed by atoms with Gasteiger partial charge < -0.3 is 15.0 Å². The maximum atomic E-state index is 12.7. The average molecular weight is 442 g/mol. The van der Waals surface area contributed by atoms with Crippen molar-refractivity contribution in [3.8, 4) is 0 Å². The standard InChI is InChI=1S/C21H22N4O5S/c26-20(30-14-11-18-22-12-13-23-18)15-19(24-21(27)16-7-3-1-4-8-16)25-31(28,29)17-9-5-2-6-10-17/h1-10,12-13,19,25H,11,14-15H2,(H,22,23)(H,24,27)/t19-/m0/s1. The Morgan fingerprint density at radius 1 is 1.03 bits per heavy atom. The van der Waals surface area contributed by atoms with Gasteiger partial charge >= 0.3 is 5.97 Å². The molecule has 3 rings (SSSR count). The van der Waals surface area contributed by atoms with Crippen LogP contribution in [0.4, 0.5) is 0 Å². The van der Waals surface area contributed by atoms with E-state index in [4.69, 9.17) is 4.74 Å². The predicted octanol–water partition coefficient (Wildman–Crippen LogP) is 1.62. The Labute approximate surface area is 179 Å². The lowest BCUT2D eigenvalue weighted by molar-refractivity contribution is -0.144. The molecule has 1 atom stereocenters. The van der Waals surface area contributed by atoms with E-state index < -0.39 is 28.1 Å². The number of benzene rings is 2. The van der Waals surface area contributed by atoms with Crippen LogP contribution in [0.5, 0.6) is 0 Å². The number of aromatic nitrogens is 2. The normalized spacial score (nSPS) is 12.1. The van der Waals surface area contributed by atoms with Gasteiger partial charge in [0.25, 0.3) is 5.91 Å². The van der Waals surface area contributed by atoms with Crippen LogP contribution in [-0.2, 0) is 26.0 Å². The lowest BCUT2D eigenvalue weighted by atomic mass is 10.2. The highest BCUT2D eigenvalue weighted by Crippen LogP contribution is 2.09. The zero-order chi connectivity index (χ0) is 22.1. The van der Waals surface area contributed by atoms with Gasteiger partial charge in [0.1, 0.15) is 12.0 Å². The minimum absolute atomic E-state index is 0.0140. The fraction of sp³-hybridized carbons (Fsp3) is 0.190. The van der Waals surface area contributed by atoms with Crippen LogP contribution >= 0.6 is 0 Å². The number of hydrogen-bond donors (Lipinski definition) is 3. The summed E-state index contributed by atoms with van der Waals surface area (Å²) in [7, 11) is -3.98. The molecule has 1 amide bonds. The number of amides is 1. The van der Waals surface area contributed by atoms with Gasteiger partial charge in [0.15, 0.2) is 0 Å². The van der Waals surface area contributed by atoms with Crippen molar-refractivity contribution in [3.63, 3.8) is 0 Å². The van der Waals surface area contributed by atoms with Gasteiger partial charge in [-0.25, -0.2) is 13.4 Å². The summed E-state index contributed by atoms with van der Waals surface area (Å²) in [6.45, 7) is 0.0666. The van der Waals surface area contributed by atoms with E-state index in [-0.39, 0.29) is 17.9 Å². The molecule has 1 heterocycles. The van der Waals surface area contributed by atoms with Crippen LogP contribution in [0.15, 0.2) is 78.0 Å². The van der Waals surface area contributed by atoms with Crippen molar-refractivity contribution in [2.24, 2.45) is 0 Å². The monoisotopic (exact) mass is 442 g/mol. The topological polar surface area (TPSA) is 130 Å². The first-order valence-corrected chi connectivity index (χ1v) is 11.0. The molecule has 9 nitrogen and oxygen atoms in total. The maximum absolute atomic E-state index is 12.7. The number of imidazole rings is 1. The number of carbonyl (C=O) groups is 2. The summed E-state index contributed by atoms with van der Waals surface area (Å²) in [6, 6.07) is 16.0. The number of H-pyrrole nitrogens is 1. The van der Waals surface area contributed by atoms with Crippen molar-refractivity contribution in [2.45, 2.75) is 23.9 Å². The summed E-state index contributed by atoms with van der Waals surface area (Å²) in [4.78, 5) is 31.7. The smallest absolute Gasteiger partial charge is 0.309 e. The van der Waals surface area contributed by atoms with E-state index in [1.807, 2.05) is 0 Å². The first-order valence-electron chi connectivity index (χ1n) is 9.51. The summed E-state index contributed by atoms with van der Waals surface area (Å²) in [5, 5.41) is 2.55. The Kier molecular flexibility index (Phi) is 7.52. The number of esters is 1. The van der Waals surface area contributed by atoms with Crippen LogP contribution in [0.1, 0.15) is 22.6 Å². The van der Waals surface area contributed by atoms with E-state index in [1.54, 1.807) is 60.9 Å². The molecule has 0 bridgehead atoms. The molecule has 2 aromatic carbocycles. The quantitative estimate of drug-likeness (QED) is 0.323. The predicted molar refractivity (Wildman–Crippen MR) is 112 cm³/mol. The second-order valence-corrected chi connectivity index (χ2v) is 8.25. The van der Waals surface area contributed by atoms with Crippen LogP contribution in [-0.4, -0.2) is 43.0 Å². The fourth-order valence-electron chi connectivity index (χ4n) is 2.73. The molecular formula is C21H22N4O5S. The largest absolute Gasteiger partial charge is 0.465 e. The van der Waals surface area contributed by atoms with Crippen LogP contribution in [0.2, 0.25) is 0 Å². The summed E-state index contributed by atoms with van der Waals surface area (Å²) < 4.78 is 32.9. The Morgan fingerprint density at radius 2 is 1.71 bits per heavy atom. The number of sulfonamides is 1. The zero-order valence-electron chi connectivity index (χ0n) is 16.5. The maximum Gasteiger partial charge on any atom is 0.309 e. The second-order valence-electron chi connectivity index (χ2n) is 6.54. The van der Waals surface area contributed by atoms with Gasteiger partial charge in [-0.3, -0.25) is 9.59 Å². The summed E-state index contributed by atoms with van der Waals surface area (Å²) in [5.41, 5.74) is 0.331. The Hall–Kier alpha value is -3.50. The lowest BCUT2D eigenvalue weighted by Crippen LogP contribution is -2.49. The number of rotatable bonds is 10. The molecule has 10 heteroatoms. The lowest BCUT2D eigenvalue weighted by Gasteiger charge is -2.20. The molecule has 0 saturated carbocycles. The van der Waals surface area contributed by atoms with Crippen LogP contribution in [0, 0.1) is 0 Å². The van der Waals surface area contributed by atoms with Gasteiger partial charge in [0, 0.05) is 24.4 Å². The number of hydrogen-bond acceptors (Lipinski definition) is 6. The number of nitrogens with one attached hydrogen (secondary N) is 3. The summed E-state index contributed by atoms with van der Waals surface area (Å²) in [5.74, 6) is -0.531. The molecule has 0 aliphatic carbocycles. The molecule has 3 aromatic rings. The van der Waals surface area contributed by atoms with E-state index in [2.05, 4.69) is 20.0 Å². The number of aromatic amines is 1. The summed E-state index contributed by atoms with van der Waals surface area (Å²) >= 11 is 0. The number of carbonyl (C=O) groups excluding carboxylic acids is 2. The van der Waals surface area contributed by atoms with Crippen LogP contribution in [0.25, 0.3) is 0 Å². The Morgan fingerprint density at radius 3 is 2.35 bits per heavy atom. The third kappa shape index (κ3) is 6.76. The highest BCUT2D eigenvalue weighted by molar-refractivity contribution is 7.89. The molecule has 0 unspecified atom stereocenters. The first kappa shape index (κ1) is 22.2. The molecule has 0 saturated heterocycles. The van der Waals surface area contributed by atoms with Gasteiger partial charge in [-0.1, -0.05) is 36.4 Å². The van der Waals surface area contributed by atoms with Crippen molar-refractivity contribution in [1.29, 1.82) is 0 Å². The first-order chi connectivity index (χ1) is 14.9. The highest BCUT2D eigenvalue weighted by atomic mass is 32.2. The van der Waals surface area contributed by atoms with E-state index in [0.29, 0.717) is 17.8 Å². The highest BCUT2D eigenvalue weighted by Gasteiger charge is 2.24. The molecule has 31 heavy (non-hydrogen) atoms. The molecular weight excluding hydrogens is 420 g/mol. The van der Waals surface area contributed by atoms with Gasteiger partial charge in [-0.05, 0) is 24.3 Å². The van der Waals surface area contributed by atoms with Crippen molar-refractivity contribution >= 4 is 21.9 Å². The number of nitrogens with zero attached hydrogens (tertiary/aromatic N) is 1. The molecule has 0 fully saturated rings. The minimum Gasteiger partial charge on any atom is -0.465 e. The van der Waals surface area contributed by atoms with Crippen LogP contribution in [0.3, 0.4) is 0 Å². The SMILES string of the molecule is O=C(C[C@@H](NC(=O)c1ccccc1)NS(=O)(=O)c1ccccc1)OCCc1ncc[nH]1. The van der Waals surface area contributed by atoms with Crippen molar-refractivity contribution in [1.82, 2.24) is 20.0 Å². The minimum atomic E-state index is -3.98. The molecule has 0 radical (unpaired) electrons. The van der Waals surface area contributed by atoms with E-state index in [0.717, 1.165) is 0 Å². The van der Waals surface area contributed by atoms with E-state index >= 15 is 0 Å². The molecule has 0 spiro atoms. The van der Waals surface area contributed by atoms with Gasteiger partial charge in [0.05, 0.1) is 17.9 Å². The third-order valence-electron chi connectivity index (χ3n) is 4.22. The van der Waals surface area contributed by atoms with E-state index in [1.165, 1.54) is 12.1 Å². The fourth-order valence-corrected chi connectivity index (χ4v) is 3.90. The summed E-state index contributed by atoms with van der Waals surface area (Å²) in [6.07, 6.45) is 2.04.